The number of fused-ring (bicyclic) bond motifs is 3. The van der Waals surface area contributed by atoms with Gasteiger partial charge in [0.1, 0.15) is 5.75 Å². The molecule has 0 aromatic heterocycles. The lowest BCUT2D eigenvalue weighted by Gasteiger charge is -2.21. The van der Waals surface area contributed by atoms with E-state index in [-0.39, 0.29) is 24.4 Å². The molecule has 1 atom stereocenters. The molecule has 10 nitrogen and oxygen atoms in total. The number of carbonyl (C=O) groups is 3. The molecule has 3 amide bonds. The van der Waals surface area contributed by atoms with Crippen LogP contribution in [0.4, 0.5) is 4.79 Å². The van der Waals surface area contributed by atoms with Crippen LogP contribution in [-0.2, 0) is 16.0 Å². The zero-order valence-corrected chi connectivity index (χ0v) is 20.6. The maximum atomic E-state index is 12.2. The van der Waals surface area contributed by atoms with Gasteiger partial charge in [0, 0.05) is 32.5 Å². The van der Waals surface area contributed by atoms with Gasteiger partial charge in [-0.05, 0) is 47.7 Å². The lowest BCUT2D eigenvalue weighted by molar-refractivity contribution is -0.120. The molecule has 35 heavy (non-hydrogen) atoms. The summed E-state index contributed by atoms with van der Waals surface area (Å²) in [7, 11) is 4.68. The Balaban J connectivity index is 2.01. The maximum absolute atomic E-state index is 12.2. The van der Waals surface area contributed by atoms with E-state index in [0.717, 1.165) is 22.3 Å². The van der Waals surface area contributed by atoms with Crippen LogP contribution in [0.25, 0.3) is 11.1 Å². The number of hydrogen-bond donors (Lipinski definition) is 3. The van der Waals surface area contributed by atoms with Crippen molar-refractivity contribution in [1.82, 2.24) is 16.0 Å². The molecule has 0 bridgehead atoms. The molecule has 0 fully saturated rings. The van der Waals surface area contributed by atoms with E-state index in [1.54, 1.807) is 33.5 Å². The van der Waals surface area contributed by atoms with Crippen molar-refractivity contribution in [3.63, 3.8) is 0 Å². The van der Waals surface area contributed by atoms with Gasteiger partial charge < -0.3 is 34.9 Å². The van der Waals surface area contributed by atoms with E-state index in [4.69, 9.17) is 18.9 Å². The van der Waals surface area contributed by atoms with Gasteiger partial charge in [0.2, 0.25) is 17.6 Å². The molecule has 1 aliphatic carbocycles. The van der Waals surface area contributed by atoms with Crippen molar-refractivity contribution >= 4 is 17.9 Å². The van der Waals surface area contributed by atoms with Crippen LogP contribution in [0.1, 0.15) is 37.4 Å². The molecule has 2 aromatic rings. The van der Waals surface area contributed by atoms with Gasteiger partial charge in [-0.2, -0.15) is 0 Å². The summed E-state index contributed by atoms with van der Waals surface area (Å²) in [6, 6.07) is 6.87. The first-order chi connectivity index (χ1) is 16.8. The highest BCUT2D eigenvalue weighted by atomic mass is 16.6. The van der Waals surface area contributed by atoms with Gasteiger partial charge in [0.15, 0.2) is 11.5 Å². The summed E-state index contributed by atoms with van der Waals surface area (Å²) in [6.07, 6.45) is 0.611. The van der Waals surface area contributed by atoms with E-state index >= 15 is 0 Å². The maximum Gasteiger partial charge on any atom is 0.412 e. The van der Waals surface area contributed by atoms with Crippen molar-refractivity contribution in [3.8, 4) is 34.1 Å². The van der Waals surface area contributed by atoms with Crippen molar-refractivity contribution in [1.29, 1.82) is 0 Å². The third-order valence-corrected chi connectivity index (χ3v) is 5.64. The molecule has 0 aliphatic heterocycles. The monoisotopic (exact) mass is 485 g/mol. The van der Waals surface area contributed by atoms with Crippen LogP contribution < -0.4 is 34.9 Å². The van der Waals surface area contributed by atoms with Gasteiger partial charge in [0.05, 0.1) is 27.4 Å². The topological polar surface area (TPSA) is 124 Å². The zero-order valence-electron chi connectivity index (χ0n) is 20.6. The van der Waals surface area contributed by atoms with Crippen LogP contribution in [-0.4, -0.2) is 52.3 Å². The highest BCUT2D eigenvalue weighted by molar-refractivity contribution is 5.84. The summed E-state index contributed by atoms with van der Waals surface area (Å²) in [5.74, 6) is 1.51. The Morgan fingerprint density at radius 2 is 1.63 bits per heavy atom. The highest BCUT2D eigenvalue weighted by Crippen LogP contribution is 2.50. The summed E-state index contributed by atoms with van der Waals surface area (Å²) in [6.45, 7) is 3.39. The van der Waals surface area contributed by atoms with Crippen LogP contribution in [0.5, 0.6) is 23.0 Å². The van der Waals surface area contributed by atoms with Crippen molar-refractivity contribution in [3.05, 3.63) is 35.4 Å². The number of ether oxygens (including phenoxy) is 4. The number of carbonyl (C=O) groups excluding carboxylic acids is 3. The lowest BCUT2D eigenvalue weighted by atomic mass is 9.93. The van der Waals surface area contributed by atoms with Gasteiger partial charge in [-0.1, -0.05) is 6.07 Å². The minimum absolute atomic E-state index is 0.170. The molecule has 10 heteroatoms. The van der Waals surface area contributed by atoms with Gasteiger partial charge >= 0.3 is 6.09 Å². The smallest absolute Gasteiger partial charge is 0.412 e. The van der Waals surface area contributed by atoms with Crippen LogP contribution in [0, 0.1) is 0 Å². The molecule has 0 radical (unpaired) electrons. The predicted molar refractivity (Wildman–Crippen MR) is 129 cm³/mol. The molecule has 3 rings (SSSR count). The molecule has 2 aromatic carbocycles. The zero-order chi connectivity index (χ0) is 25.5. The van der Waals surface area contributed by atoms with Crippen LogP contribution in [0.2, 0.25) is 0 Å². The summed E-state index contributed by atoms with van der Waals surface area (Å²) in [4.78, 5) is 35.2. The second kappa shape index (κ2) is 11.5. The van der Waals surface area contributed by atoms with E-state index in [0.29, 0.717) is 42.4 Å². The largest absolute Gasteiger partial charge is 0.493 e. The molecule has 188 valence electrons. The summed E-state index contributed by atoms with van der Waals surface area (Å²) < 4.78 is 22.3. The summed E-state index contributed by atoms with van der Waals surface area (Å²) >= 11 is 0. The number of amides is 3. The normalized spacial score (nSPS) is 13.9. The van der Waals surface area contributed by atoms with Crippen molar-refractivity contribution in [2.24, 2.45) is 0 Å². The molecule has 0 unspecified atom stereocenters. The second-order valence-corrected chi connectivity index (χ2v) is 8.02. The standard InChI is InChI=1S/C25H31N3O7/c1-14(29)26-10-11-27-25(31)35-17-7-8-18-19(13-17)20(28-15(2)30)9-6-16-12-21(32-3)23(33-4)24(34-5)22(16)18/h7-8,12-13,20H,6,9-11H2,1-5H3,(H,26,29)(H,27,31)(H,28,30)/t20-/m0/s1. The minimum atomic E-state index is -0.649. The molecular weight excluding hydrogens is 454 g/mol. The number of nitrogens with one attached hydrogen (secondary N) is 3. The second-order valence-electron chi connectivity index (χ2n) is 8.02. The lowest BCUT2D eigenvalue weighted by Crippen LogP contribution is -2.35. The average molecular weight is 486 g/mol. The first-order valence-electron chi connectivity index (χ1n) is 11.2. The highest BCUT2D eigenvalue weighted by Gasteiger charge is 2.29. The van der Waals surface area contributed by atoms with Gasteiger partial charge in [-0.15, -0.1) is 0 Å². The summed E-state index contributed by atoms with van der Waals surface area (Å²) in [5.41, 5.74) is 3.43. The number of rotatable bonds is 8. The SMILES string of the molecule is COc1cc2c(c(OC)c1OC)-c1ccc(OC(=O)NCCNC(C)=O)cc1[C@@H](NC(C)=O)CC2. The Hall–Kier alpha value is -3.95. The molecule has 0 spiro atoms. The fraction of sp³-hybridized carbons (Fsp3) is 0.400. The third-order valence-electron chi connectivity index (χ3n) is 5.64. The Labute approximate surface area is 204 Å². The van der Waals surface area contributed by atoms with E-state index in [9.17, 15) is 14.4 Å². The van der Waals surface area contributed by atoms with E-state index in [2.05, 4.69) is 16.0 Å². The minimum Gasteiger partial charge on any atom is -0.493 e. The summed E-state index contributed by atoms with van der Waals surface area (Å²) in [5, 5.41) is 8.18. The molecule has 3 N–H and O–H groups in total. The number of aryl methyl sites for hydroxylation is 1. The fourth-order valence-electron chi connectivity index (χ4n) is 4.22. The van der Waals surface area contributed by atoms with E-state index in [1.807, 2.05) is 12.1 Å². The van der Waals surface area contributed by atoms with Crippen LogP contribution in [0.3, 0.4) is 0 Å². The Morgan fingerprint density at radius 3 is 2.26 bits per heavy atom. The third kappa shape index (κ3) is 5.95. The average Bonchev–Trinajstić information content (AvgIpc) is 2.96. The van der Waals surface area contributed by atoms with Crippen LogP contribution in [0.15, 0.2) is 24.3 Å². The number of methoxy groups -OCH3 is 3. The van der Waals surface area contributed by atoms with Gasteiger partial charge in [-0.3, -0.25) is 9.59 Å². The molecule has 0 saturated heterocycles. The molecule has 0 heterocycles. The first-order valence-corrected chi connectivity index (χ1v) is 11.2. The van der Waals surface area contributed by atoms with E-state index in [1.165, 1.54) is 13.8 Å². The van der Waals surface area contributed by atoms with Crippen molar-refractivity contribution < 1.29 is 33.3 Å². The van der Waals surface area contributed by atoms with Gasteiger partial charge in [0.25, 0.3) is 0 Å². The van der Waals surface area contributed by atoms with Crippen molar-refractivity contribution in [2.75, 3.05) is 34.4 Å². The number of benzene rings is 2. The quantitative estimate of drug-likeness (QED) is 0.491. The molecule has 0 saturated carbocycles. The van der Waals surface area contributed by atoms with E-state index < -0.39 is 6.09 Å². The Kier molecular flexibility index (Phi) is 8.40. The Morgan fingerprint density at radius 1 is 0.914 bits per heavy atom. The van der Waals surface area contributed by atoms with Crippen molar-refractivity contribution in [2.45, 2.75) is 32.7 Å². The predicted octanol–water partition coefficient (Wildman–Crippen LogP) is 2.73. The molecule has 1 aliphatic rings. The molecular formula is C25H31N3O7. The fourth-order valence-corrected chi connectivity index (χ4v) is 4.22. The van der Waals surface area contributed by atoms with Gasteiger partial charge in [-0.25, -0.2) is 4.79 Å². The Bertz CT molecular complexity index is 1120. The number of hydrogen-bond acceptors (Lipinski definition) is 7. The van der Waals surface area contributed by atoms with Crippen LogP contribution >= 0.6 is 0 Å². The first kappa shape index (κ1) is 25.7.